The number of morpholine rings is 1. The number of sulfonamides is 1. The van der Waals surface area contributed by atoms with E-state index in [1.165, 1.54) is 29.6 Å². The third-order valence-electron chi connectivity index (χ3n) is 5.76. The molecular weight excluding hydrogens is 446 g/mol. The maximum atomic E-state index is 13.0. The third kappa shape index (κ3) is 5.18. The van der Waals surface area contributed by atoms with Gasteiger partial charge < -0.3 is 19.7 Å². The van der Waals surface area contributed by atoms with Crippen LogP contribution in [0.1, 0.15) is 28.8 Å². The first kappa shape index (κ1) is 23.2. The van der Waals surface area contributed by atoms with Gasteiger partial charge in [-0.05, 0) is 42.3 Å². The van der Waals surface area contributed by atoms with Gasteiger partial charge in [0.1, 0.15) is 5.75 Å². The van der Waals surface area contributed by atoms with E-state index in [9.17, 15) is 18.0 Å². The number of hydrogen-bond acceptors (Lipinski definition) is 6. The highest BCUT2D eigenvalue weighted by molar-refractivity contribution is 7.89. The van der Waals surface area contributed by atoms with Crippen molar-refractivity contribution in [3.63, 3.8) is 0 Å². The van der Waals surface area contributed by atoms with E-state index in [0.29, 0.717) is 37.5 Å². The lowest BCUT2D eigenvalue weighted by Crippen LogP contribution is -2.40. The molecule has 0 unspecified atom stereocenters. The fourth-order valence-corrected chi connectivity index (χ4v) is 5.41. The van der Waals surface area contributed by atoms with Crippen LogP contribution in [0.2, 0.25) is 0 Å². The van der Waals surface area contributed by atoms with Crippen molar-refractivity contribution in [2.45, 2.75) is 24.3 Å². The quantitative estimate of drug-likeness (QED) is 0.660. The molecule has 0 radical (unpaired) electrons. The minimum atomic E-state index is -3.73. The molecule has 2 aliphatic heterocycles. The molecule has 176 valence electrons. The molecule has 2 fully saturated rings. The minimum Gasteiger partial charge on any atom is -0.495 e. The number of hydrogen-bond donors (Lipinski definition) is 1. The summed E-state index contributed by atoms with van der Waals surface area (Å²) < 4.78 is 38.0. The first-order chi connectivity index (χ1) is 15.9. The largest absolute Gasteiger partial charge is 0.495 e. The fourth-order valence-electron chi connectivity index (χ4n) is 3.98. The van der Waals surface area contributed by atoms with Gasteiger partial charge in [-0.2, -0.15) is 4.31 Å². The molecule has 0 spiro atoms. The number of nitrogens with one attached hydrogen (secondary N) is 1. The molecule has 2 heterocycles. The van der Waals surface area contributed by atoms with Crippen LogP contribution in [0.4, 0.5) is 5.69 Å². The second-order valence-electron chi connectivity index (χ2n) is 7.95. The van der Waals surface area contributed by atoms with Gasteiger partial charge in [0.2, 0.25) is 15.9 Å². The average molecular weight is 474 g/mol. The van der Waals surface area contributed by atoms with Crippen molar-refractivity contribution in [1.82, 2.24) is 9.21 Å². The first-order valence-corrected chi connectivity index (χ1v) is 12.3. The first-order valence-electron chi connectivity index (χ1n) is 10.8. The molecule has 2 aliphatic rings. The molecule has 0 bridgehead atoms. The zero-order valence-electron chi connectivity index (χ0n) is 18.5. The number of ether oxygens (including phenoxy) is 2. The highest BCUT2D eigenvalue weighted by Gasteiger charge is 2.27. The molecule has 2 amide bonds. The predicted molar refractivity (Wildman–Crippen MR) is 122 cm³/mol. The molecule has 0 aromatic heterocycles. The Bertz CT molecular complexity index is 1140. The topological polar surface area (TPSA) is 105 Å². The molecule has 0 atom stereocenters. The van der Waals surface area contributed by atoms with Gasteiger partial charge in [-0.25, -0.2) is 8.42 Å². The molecule has 2 saturated heterocycles. The number of carbonyl (C=O) groups excluding carboxylic acids is 2. The van der Waals surface area contributed by atoms with Crippen molar-refractivity contribution in [2.75, 3.05) is 45.3 Å². The Labute approximate surface area is 193 Å². The van der Waals surface area contributed by atoms with E-state index in [-0.39, 0.29) is 29.6 Å². The average Bonchev–Trinajstić information content (AvgIpc) is 3.23. The SMILES string of the molecule is COc1ccc(S(=O)(=O)N2CCOCC2)cc1NC(=O)c1cccc(CN2CCCC2=O)c1. The van der Waals surface area contributed by atoms with Crippen molar-refractivity contribution in [1.29, 1.82) is 0 Å². The molecule has 0 aliphatic carbocycles. The van der Waals surface area contributed by atoms with Crippen molar-refractivity contribution >= 4 is 27.5 Å². The molecule has 33 heavy (non-hydrogen) atoms. The minimum absolute atomic E-state index is 0.0711. The second-order valence-corrected chi connectivity index (χ2v) is 9.89. The maximum absolute atomic E-state index is 13.0. The van der Waals surface area contributed by atoms with Crippen LogP contribution < -0.4 is 10.1 Å². The molecule has 0 saturated carbocycles. The van der Waals surface area contributed by atoms with Crippen LogP contribution in [0.3, 0.4) is 0 Å². The van der Waals surface area contributed by atoms with E-state index in [0.717, 1.165) is 18.5 Å². The molecule has 2 aromatic rings. The van der Waals surface area contributed by atoms with Crippen LogP contribution >= 0.6 is 0 Å². The summed E-state index contributed by atoms with van der Waals surface area (Å²) in [6.07, 6.45) is 1.41. The van der Waals surface area contributed by atoms with Crippen molar-refractivity contribution in [3.8, 4) is 5.75 Å². The molecular formula is C23H27N3O6S. The number of likely N-dealkylation sites (tertiary alicyclic amines) is 1. The zero-order chi connectivity index (χ0) is 23.4. The summed E-state index contributed by atoms with van der Waals surface area (Å²) >= 11 is 0. The summed E-state index contributed by atoms with van der Waals surface area (Å²) in [5, 5.41) is 2.77. The lowest BCUT2D eigenvalue weighted by molar-refractivity contribution is -0.128. The van der Waals surface area contributed by atoms with Crippen LogP contribution in [-0.4, -0.2) is 69.4 Å². The van der Waals surface area contributed by atoms with Crippen molar-refractivity contribution in [3.05, 3.63) is 53.6 Å². The monoisotopic (exact) mass is 473 g/mol. The fraction of sp³-hybridized carbons (Fsp3) is 0.391. The number of methoxy groups -OCH3 is 1. The van der Waals surface area contributed by atoms with Crippen LogP contribution in [0, 0.1) is 0 Å². The maximum Gasteiger partial charge on any atom is 0.255 e. The second kappa shape index (κ2) is 9.90. The normalized spacial score (nSPS) is 17.2. The Hall–Kier alpha value is -2.95. The van der Waals surface area contributed by atoms with Gasteiger partial charge in [0.05, 0.1) is 30.9 Å². The highest BCUT2D eigenvalue weighted by Crippen LogP contribution is 2.30. The number of benzene rings is 2. The Kier molecular flexibility index (Phi) is 6.96. The molecule has 2 aromatic carbocycles. The molecule has 10 heteroatoms. The predicted octanol–water partition coefficient (Wildman–Crippen LogP) is 2.09. The number of anilines is 1. The number of nitrogens with zero attached hydrogens (tertiary/aromatic N) is 2. The highest BCUT2D eigenvalue weighted by atomic mass is 32.2. The number of rotatable bonds is 7. The van der Waals surface area contributed by atoms with Gasteiger partial charge in [0, 0.05) is 38.2 Å². The molecule has 1 N–H and O–H groups in total. The van der Waals surface area contributed by atoms with Crippen LogP contribution in [0.25, 0.3) is 0 Å². The van der Waals surface area contributed by atoms with E-state index in [4.69, 9.17) is 9.47 Å². The summed E-state index contributed by atoms with van der Waals surface area (Å²) in [6, 6.07) is 11.5. The lowest BCUT2D eigenvalue weighted by Gasteiger charge is -2.26. The van der Waals surface area contributed by atoms with Crippen LogP contribution in [0.5, 0.6) is 5.75 Å². The Morgan fingerprint density at radius 3 is 2.61 bits per heavy atom. The summed E-state index contributed by atoms with van der Waals surface area (Å²) in [5.74, 6) is 0.0693. The van der Waals surface area contributed by atoms with E-state index < -0.39 is 15.9 Å². The summed E-state index contributed by atoms with van der Waals surface area (Å²) in [5.41, 5.74) is 1.52. The van der Waals surface area contributed by atoms with Gasteiger partial charge >= 0.3 is 0 Å². The smallest absolute Gasteiger partial charge is 0.255 e. The Morgan fingerprint density at radius 1 is 1.12 bits per heavy atom. The summed E-state index contributed by atoms with van der Waals surface area (Å²) in [4.78, 5) is 26.7. The van der Waals surface area contributed by atoms with Crippen molar-refractivity contribution < 1.29 is 27.5 Å². The third-order valence-corrected chi connectivity index (χ3v) is 7.66. The van der Waals surface area contributed by atoms with Crippen LogP contribution in [0.15, 0.2) is 47.4 Å². The van der Waals surface area contributed by atoms with Gasteiger partial charge in [-0.3, -0.25) is 9.59 Å². The molecule has 9 nitrogen and oxygen atoms in total. The number of amides is 2. The van der Waals surface area contributed by atoms with Crippen LogP contribution in [-0.2, 0) is 26.1 Å². The lowest BCUT2D eigenvalue weighted by atomic mass is 10.1. The standard InChI is InChI=1S/C23H27N3O6S/c1-31-21-8-7-19(33(29,30)26-10-12-32-13-11-26)15-20(21)24-23(28)18-5-2-4-17(14-18)16-25-9-3-6-22(25)27/h2,4-5,7-8,14-15H,3,6,9-13,16H2,1H3,(H,24,28). The summed E-state index contributed by atoms with van der Waals surface area (Å²) in [7, 11) is -2.27. The van der Waals surface area contributed by atoms with Gasteiger partial charge in [0.15, 0.2) is 0 Å². The van der Waals surface area contributed by atoms with E-state index in [1.54, 1.807) is 23.1 Å². The van der Waals surface area contributed by atoms with Gasteiger partial charge in [-0.15, -0.1) is 0 Å². The summed E-state index contributed by atoms with van der Waals surface area (Å²) in [6.45, 7) is 2.43. The van der Waals surface area contributed by atoms with Gasteiger partial charge in [-0.1, -0.05) is 12.1 Å². The Morgan fingerprint density at radius 2 is 1.91 bits per heavy atom. The van der Waals surface area contributed by atoms with Gasteiger partial charge in [0.25, 0.3) is 5.91 Å². The van der Waals surface area contributed by atoms with Crippen molar-refractivity contribution in [2.24, 2.45) is 0 Å². The Balaban J connectivity index is 1.54. The van der Waals surface area contributed by atoms with E-state index in [2.05, 4.69) is 5.32 Å². The molecule has 4 rings (SSSR count). The number of carbonyl (C=O) groups is 2. The van der Waals surface area contributed by atoms with E-state index >= 15 is 0 Å². The zero-order valence-corrected chi connectivity index (χ0v) is 19.3. The van der Waals surface area contributed by atoms with E-state index in [1.807, 2.05) is 6.07 Å².